The number of benzene rings is 1. The lowest BCUT2D eigenvalue weighted by atomic mass is 9.98. The quantitative estimate of drug-likeness (QED) is 0.697. The van der Waals surface area contributed by atoms with Crippen LogP contribution in [0, 0.1) is 5.92 Å². The fourth-order valence-corrected chi connectivity index (χ4v) is 4.40. The molecule has 0 saturated carbocycles. The molecule has 2 saturated heterocycles. The molecule has 6 heteroatoms. The Morgan fingerprint density at radius 1 is 1.10 bits per heavy atom. The summed E-state index contributed by atoms with van der Waals surface area (Å²) in [5, 5.41) is 0. The van der Waals surface area contributed by atoms with E-state index in [2.05, 4.69) is 18.7 Å². The van der Waals surface area contributed by atoms with Crippen molar-refractivity contribution >= 4 is 5.91 Å². The molecule has 2 aliphatic heterocycles. The molecule has 0 aliphatic carbocycles. The van der Waals surface area contributed by atoms with Crippen LogP contribution in [0.3, 0.4) is 0 Å². The van der Waals surface area contributed by atoms with Crippen molar-refractivity contribution in [1.82, 2.24) is 9.80 Å². The molecule has 2 aliphatic rings. The first-order valence-electron chi connectivity index (χ1n) is 10.9. The van der Waals surface area contributed by atoms with E-state index in [1.54, 1.807) is 14.2 Å². The van der Waals surface area contributed by atoms with Gasteiger partial charge in [0.15, 0.2) is 11.5 Å². The minimum Gasteiger partial charge on any atom is -0.493 e. The number of nitrogens with zero attached hydrogens (tertiary/aromatic N) is 2. The lowest BCUT2D eigenvalue weighted by molar-refractivity contribution is 0.0568. The number of piperidine rings is 2. The van der Waals surface area contributed by atoms with Crippen molar-refractivity contribution in [3.63, 3.8) is 0 Å². The van der Waals surface area contributed by atoms with Crippen molar-refractivity contribution in [2.75, 3.05) is 47.0 Å². The number of ether oxygens (including phenoxy) is 3. The van der Waals surface area contributed by atoms with Crippen LogP contribution >= 0.6 is 0 Å². The third-order valence-corrected chi connectivity index (χ3v) is 6.12. The lowest BCUT2D eigenvalue weighted by Gasteiger charge is -2.35. The predicted octanol–water partition coefficient (Wildman–Crippen LogP) is 3.45. The molecule has 1 aromatic rings. The predicted molar refractivity (Wildman–Crippen MR) is 114 cm³/mol. The number of rotatable bonds is 7. The standard InChI is InChI=1S/C23H36N2O4/c1-17(2)24-12-9-20(10-13-24)29-22-14-19(7-8-21(22)28-4)23(26)25-11-5-6-18(15-25)16-27-3/h7-8,14,17-18,20H,5-6,9-13,15-16H2,1-4H3. The number of hydrogen-bond acceptors (Lipinski definition) is 5. The van der Waals surface area contributed by atoms with Crippen LogP contribution in [0.15, 0.2) is 18.2 Å². The molecule has 162 valence electrons. The topological polar surface area (TPSA) is 51.2 Å². The van der Waals surface area contributed by atoms with Gasteiger partial charge in [-0.05, 0) is 63.6 Å². The van der Waals surface area contributed by atoms with Crippen LogP contribution < -0.4 is 9.47 Å². The number of carbonyl (C=O) groups excluding carboxylic acids is 1. The van der Waals surface area contributed by atoms with Crippen LogP contribution in [-0.4, -0.2) is 74.9 Å². The third kappa shape index (κ3) is 5.64. The Morgan fingerprint density at radius 3 is 2.52 bits per heavy atom. The Kier molecular flexibility index (Phi) is 7.78. The molecule has 1 amide bonds. The van der Waals surface area contributed by atoms with Crippen LogP contribution in [0.4, 0.5) is 0 Å². The second kappa shape index (κ2) is 10.3. The van der Waals surface area contributed by atoms with E-state index < -0.39 is 0 Å². The van der Waals surface area contributed by atoms with Crippen molar-refractivity contribution in [2.45, 2.75) is 51.7 Å². The van der Waals surface area contributed by atoms with Crippen LogP contribution in [0.1, 0.15) is 49.9 Å². The maximum Gasteiger partial charge on any atom is 0.254 e. The second-order valence-corrected chi connectivity index (χ2v) is 8.53. The Labute approximate surface area is 175 Å². The molecular formula is C23H36N2O4. The lowest BCUT2D eigenvalue weighted by Crippen LogP contribution is -2.42. The summed E-state index contributed by atoms with van der Waals surface area (Å²) in [4.78, 5) is 17.5. The SMILES string of the molecule is COCC1CCCN(C(=O)c2ccc(OC)c(OC3CCN(C(C)C)CC3)c2)C1. The highest BCUT2D eigenvalue weighted by Gasteiger charge is 2.26. The normalized spacial score (nSPS) is 21.4. The summed E-state index contributed by atoms with van der Waals surface area (Å²) in [5.74, 6) is 1.83. The minimum absolute atomic E-state index is 0.0629. The minimum atomic E-state index is 0.0629. The smallest absolute Gasteiger partial charge is 0.254 e. The summed E-state index contributed by atoms with van der Waals surface area (Å²) in [6, 6.07) is 6.12. The molecule has 2 heterocycles. The second-order valence-electron chi connectivity index (χ2n) is 8.53. The van der Waals surface area contributed by atoms with E-state index in [0.717, 1.165) is 51.9 Å². The van der Waals surface area contributed by atoms with Crippen molar-refractivity contribution in [3.05, 3.63) is 23.8 Å². The molecular weight excluding hydrogens is 368 g/mol. The van der Waals surface area contributed by atoms with Gasteiger partial charge in [-0.1, -0.05) is 0 Å². The van der Waals surface area contributed by atoms with Gasteiger partial charge < -0.3 is 24.0 Å². The van der Waals surface area contributed by atoms with Gasteiger partial charge in [-0.15, -0.1) is 0 Å². The van der Waals surface area contributed by atoms with Gasteiger partial charge in [-0.3, -0.25) is 4.79 Å². The molecule has 0 aromatic heterocycles. The monoisotopic (exact) mass is 404 g/mol. The Hall–Kier alpha value is -1.79. The van der Waals surface area contributed by atoms with Crippen LogP contribution in [0.2, 0.25) is 0 Å². The van der Waals surface area contributed by atoms with Gasteiger partial charge in [0.2, 0.25) is 0 Å². The largest absolute Gasteiger partial charge is 0.493 e. The molecule has 6 nitrogen and oxygen atoms in total. The van der Waals surface area contributed by atoms with Crippen LogP contribution in [0.5, 0.6) is 11.5 Å². The fourth-order valence-electron chi connectivity index (χ4n) is 4.40. The van der Waals surface area contributed by atoms with E-state index in [0.29, 0.717) is 35.6 Å². The van der Waals surface area contributed by atoms with Crippen molar-refractivity contribution in [2.24, 2.45) is 5.92 Å². The summed E-state index contributed by atoms with van der Waals surface area (Å²) < 4.78 is 17.1. The highest BCUT2D eigenvalue weighted by molar-refractivity contribution is 5.95. The molecule has 1 aromatic carbocycles. The van der Waals surface area contributed by atoms with E-state index in [1.165, 1.54) is 0 Å². The highest BCUT2D eigenvalue weighted by atomic mass is 16.5. The highest BCUT2D eigenvalue weighted by Crippen LogP contribution is 2.32. The van der Waals surface area contributed by atoms with Crippen molar-refractivity contribution < 1.29 is 19.0 Å². The average Bonchev–Trinajstić information content (AvgIpc) is 2.74. The maximum atomic E-state index is 13.1. The van der Waals surface area contributed by atoms with Gasteiger partial charge in [0, 0.05) is 44.9 Å². The van der Waals surface area contributed by atoms with E-state index in [4.69, 9.17) is 14.2 Å². The third-order valence-electron chi connectivity index (χ3n) is 6.12. The summed E-state index contributed by atoms with van der Waals surface area (Å²) in [5.41, 5.74) is 0.665. The number of amides is 1. The van der Waals surface area contributed by atoms with Crippen molar-refractivity contribution in [3.8, 4) is 11.5 Å². The summed E-state index contributed by atoms with van der Waals surface area (Å²) in [7, 11) is 3.37. The number of carbonyl (C=O) groups is 1. The van der Waals surface area contributed by atoms with Gasteiger partial charge in [-0.2, -0.15) is 0 Å². The zero-order chi connectivity index (χ0) is 20.8. The van der Waals surface area contributed by atoms with Crippen LogP contribution in [0.25, 0.3) is 0 Å². The summed E-state index contributed by atoms with van der Waals surface area (Å²) >= 11 is 0. The molecule has 1 unspecified atom stereocenters. The van der Waals surface area contributed by atoms with E-state index in [-0.39, 0.29) is 12.0 Å². The zero-order valence-electron chi connectivity index (χ0n) is 18.4. The first kappa shape index (κ1) is 21.9. The summed E-state index contributed by atoms with van der Waals surface area (Å²) in [6.45, 7) is 8.80. The molecule has 0 spiro atoms. The van der Waals surface area contributed by atoms with Gasteiger partial charge >= 0.3 is 0 Å². The Balaban J connectivity index is 1.67. The van der Waals surface area contributed by atoms with E-state index >= 15 is 0 Å². The van der Waals surface area contributed by atoms with Gasteiger partial charge in [0.05, 0.1) is 13.7 Å². The molecule has 1 atom stereocenters. The van der Waals surface area contributed by atoms with Gasteiger partial charge in [0.1, 0.15) is 6.10 Å². The average molecular weight is 405 g/mol. The van der Waals surface area contributed by atoms with Crippen LogP contribution in [-0.2, 0) is 4.74 Å². The molecule has 0 radical (unpaired) electrons. The Bertz CT molecular complexity index is 669. The fraction of sp³-hybridized carbons (Fsp3) is 0.696. The summed E-state index contributed by atoms with van der Waals surface area (Å²) in [6.07, 6.45) is 4.27. The number of likely N-dealkylation sites (tertiary alicyclic amines) is 2. The van der Waals surface area contributed by atoms with E-state index in [9.17, 15) is 4.79 Å². The zero-order valence-corrected chi connectivity index (χ0v) is 18.4. The van der Waals surface area contributed by atoms with E-state index in [1.807, 2.05) is 23.1 Å². The molecule has 29 heavy (non-hydrogen) atoms. The van der Waals surface area contributed by atoms with Gasteiger partial charge in [0.25, 0.3) is 5.91 Å². The maximum absolute atomic E-state index is 13.1. The van der Waals surface area contributed by atoms with Gasteiger partial charge in [-0.25, -0.2) is 0 Å². The molecule has 3 rings (SSSR count). The first-order valence-corrected chi connectivity index (χ1v) is 10.9. The Morgan fingerprint density at radius 2 is 1.86 bits per heavy atom. The molecule has 0 N–H and O–H groups in total. The first-order chi connectivity index (χ1) is 14.0. The molecule has 2 fully saturated rings. The van der Waals surface area contributed by atoms with Crippen molar-refractivity contribution in [1.29, 1.82) is 0 Å². The number of hydrogen-bond donors (Lipinski definition) is 0. The number of methoxy groups -OCH3 is 2. The molecule has 0 bridgehead atoms.